The monoisotopic (exact) mass is 220 g/mol. The van der Waals surface area contributed by atoms with E-state index < -0.39 is 5.91 Å². The number of nitrogen functional groups attached to an aromatic ring is 1. The second kappa shape index (κ2) is 4.00. The fourth-order valence-corrected chi connectivity index (χ4v) is 1.98. The number of carbonyl (C=O) groups excluding carboxylic acids is 1. The predicted molar refractivity (Wildman–Crippen MR) is 63.2 cm³/mol. The van der Waals surface area contributed by atoms with E-state index in [0.29, 0.717) is 17.2 Å². The first-order valence-electron chi connectivity index (χ1n) is 5.38. The third kappa shape index (κ3) is 1.93. The third-order valence-electron chi connectivity index (χ3n) is 2.93. The lowest BCUT2D eigenvalue weighted by Gasteiger charge is -2.17. The Bertz CT molecular complexity index is 418. The molecule has 4 N–H and O–H groups in total. The highest BCUT2D eigenvalue weighted by Crippen LogP contribution is 2.23. The number of carbonyl (C=O) groups is 1. The maximum Gasteiger partial charge on any atom is 0.250 e. The molecule has 16 heavy (non-hydrogen) atoms. The molecule has 0 spiro atoms. The number of aromatic nitrogens is 1. The number of nitrogens with zero attached hydrogens (tertiary/aromatic N) is 2. The summed E-state index contributed by atoms with van der Waals surface area (Å²) in [7, 11) is 0. The van der Waals surface area contributed by atoms with Crippen LogP contribution in [0.4, 0.5) is 11.5 Å². The van der Waals surface area contributed by atoms with E-state index in [1.54, 1.807) is 6.07 Å². The molecule has 1 saturated heterocycles. The van der Waals surface area contributed by atoms with Gasteiger partial charge in [-0.1, -0.05) is 6.92 Å². The van der Waals surface area contributed by atoms with E-state index in [4.69, 9.17) is 11.5 Å². The van der Waals surface area contributed by atoms with Crippen LogP contribution in [0.15, 0.2) is 12.3 Å². The maximum atomic E-state index is 11.1. The van der Waals surface area contributed by atoms with Crippen LogP contribution in [-0.4, -0.2) is 24.0 Å². The van der Waals surface area contributed by atoms with Gasteiger partial charge >= 0.3 is 0 Å². The summed E-state index contributed by atoms with van der Waals surface area (Å²) in [4.78, 5) is 17.5. The van der Waals surface area contributed by atoms with Crippen molar-refractivity contribution in [2.45, 2.75) is 13.3 Å². The molecular weight excluding hydrogens is 204 g/mol. The molecule has 1 aromatic rings. The Kier molecular flexibility index (Phi) is 2.68. The van der Waals surface area contributed by atoms with E-state index in [-0.39, 0.29) is 0 Å². The van der Waals surface area contributed by atoms with Crippen molar-refractivity contribution in [2.75, 3.05) is 23.7 Å². The fourth-order valence-electron chi connectivity index (χ4n) is 1.98. The minimum Gasteiger partial charge on any atom is -0.397 e. The molecule has 1 unspecified atom stereocenters. The van der Waals surface area contributed by atoms with Gasteiger partial charge in [-0.3, -0.25) is 4.79 Å². The van der Waals surface area contributed by atoms with E-state index in [1.807, 2.05) is 0 Å². The van der Waals surface area contributed by atoms with Crippen LogP contribution in [0.5, 0.6) is 0 Å². The van der Waals surface area contributed by atoms with Gasteiger partial charge in [0.2, 0.25) is 0 Å². The van der Waals surface area contributed by atoms with Crippen LogP contribution < -0.4 is 16.4 Å². The van der Waals surface area contributed by atoms with Crippen molar-refractivity contribution in [3.8, 4) is 0 Å². The smallest absolute Gasteiger partial charge is 0.250 e. The summed E-state index contributed by atoms with van der Waals surface area (Å²) in [5.74, 6) is 0.942. The minimum atomic E-state index is -0.506. The average molecular weight is 220 g/mol. The average Bonchev–Trinajstić information content (AvgIpc) is 2.65. The van der Waals surface area contributed by atoms with Gasteiger partial charge in [0.1, 0.15) is 5.82 Å². The highest BCUT2D eigenvalue weighted by molar-refractivity contribution is 5.98. The summed E-state index contributed by atoms with van der Waals surface area (Å²) in [5, 5.41) is 0. The molecule has 86 valence electrons. The molecule has 0 bridgehead atoms. The highest BCUT2D eigenvalue weighted by atomic mass is 16.1. The second-order valence-electron chi connectivity index (χ2n) is 4.33. The van der Waals surface area contributed by atoms with Crippen LogP contribution in [0.2, 0.25) is 0 Å². The summed E-state index contributed by atoms with van der Waals surface area (Å²) in [5.41, 5.74) is 11.6. The van der Waals surface area contributed by atoms with Gasteiger partial charge in [-0.25, -0.2) is 4.98 Å². The topological polar surface area (TPSA) is 85.2 Å². The molecule has 2 rings (SSSR count). The normalized spacial score (nSPS) is 20.1. The molecule has 0 radical (unpaired) electrons. The molecule has 1 aliphatic heterocycles. The maximum absolute atomic E-state index is 11.1. The van der Waals surface area contributed by atoms with E-state index in [1.165, 1.54) is 6.20 Å². The number of primary amides is 1. The largest absolute Gasteiger partial charge is 0.397 e. The van der Waals surface area contributed by atoms with Crippen LogP contribution in [-0.2, 0) is 0 Å². The van der Waals surface area contributed by atoms with Crippen molar-refractivity contribution in [3.05, 3.63) is 17.8 Å². The number of hydrogen-bond acceptors (Lipinski definition) is 4. The van der Waals surface area contributed by atoms with Crippen LogP contribution in [0.3, 0.4) is 0 Å². The van der Waals surface area contributed by atoms with Gasteiger partial charge in [0, 0.05) is 13.1 Å². The Labute approximate surface area is 94.4 Å². The van der Waals surface area contributed by atoms with Gasteiger partial charge in [-0.15, -0.1) is 0 Å². The van der Waals surface area contributed by atoms with Crippen LogP contribution in [0, 0.1) is 5.92 Å². The molecule has 1 aromatic heterocycles. The molecule has 1 aliphatic rings. The molecule has 5 heteroatoms. The molecule has 0 saturated carbocycles. The first-order valence-corrected chi connectivity index (χ1v) is 5.38. The predicted octanol–water partition coefficient (Wildman–Crippen LogP) is 0.609. The number of rotatable bonds is 2. The zero-order valence-corrected chi connectivity index (χ0v) is 9.31. The summed E-state index contributed by atoms with van der Waals surface area (Å²) in [6, 6.07) is 1.68. The van der Waals surface area contributed by atoms with Crippen molar-refractivity contribution < 1.29 is 4.79 Å². The number of anilines is 2. The molecule has 5 nitrogen and oxygen atoms in total. The molecule has 2 heterocycles. The molecule has 0 aliphatic carbocycles. The number of pyridine rings is 1. The Morgan fingerprint density at radius 1 is 1.62 bits per heavy atom. The zero-order chi connectivity index (χ0) is 11.7. The molecular formula is C11H16N4O. The van der Waals surface area contributed by atoms with Gasteiger partial charge in [-0.2, -0.15) is 0 Å². The van der Waals surface area contributed by atoms with Crippen molar-refractivity contribution in [1.29, 1.82) is 0 Å². The van der Waals surface area contributed by atoms with Crippen molar-refractivity contribution in [2.24, 2.45) is 11.7 Å². The molecule has 1 atom stereocenters. The van der Waals surface area contributed by atoms with Crippen molar-refractivity contribution in [3.63, 3.8) is 0 Å². The van der Waals surface area contributed by atoms with E-state index in [0.717, 1.165) is 25.3 Å². The fraction of sp³-hybridized carbons (Fsp3) is 0.455. The Balaban J connectivity index is 2.29. The highest BCUT2D eigenvalue weighted by Gasteiger charge is 2.21. The van der Waals surface area contributed by atoms with Crippen molar-refractivity contribution in [1.82, 2.24) is 4.98 Å². The lowest BCUT2D eigenvalue weighted by Crippen LogP contribution is -2.22. The first-order chi connectivity index (χ1) is 7.58. The Morgan fingerprint density at radius 2 is 2.38 bits per heavy atom. The first kappa shape index (κ1) is 10.7. The molecule has 0 aromatic carbocycles. The minimum absolute atomic E-state index is 0.337. The quantitative estimate of drug-likeness (QED) is 0.764. The second-order valence-corrected chi connectivity index (χ2v) is 4.33. The lowest BCUT2D eigenvalue weighted by atomic mass is 10.2. The van der Waals surface area contributed by atoms with E-state index >= 15 is 0 Å². The van der Waals surface area contributed by atoms with Crippen LogP contribution in [0.25, 0.3) is 0 Å². The van der Waals surface area contributed by atoms with E-state index in [2.05, 4.69) is 16.8 Å². The van der Waals surface area contributed by atoms with Gasteiger partial charge in [-0.05, 0) is 18.4 Å². The van der Waals surface area contributed by atoms with Gasteiger partial charge in [0.15, 0.2) is 0 Å². The summed E-state index contributed by atoms with van der Waals surface area (Å²) >= 11 is 0. The van der Waals surface area contributed by atoms with Gasteiger partial charge in [0.25, 0.3) is 5.91 Å². The SMILES string of the molecule is CC1CCN(c2cc(C(N)=O)c(N)cn2)C1. The Morgan fingerprint density at radius 3 is 2.94 bits per heavy atom. The van der Waals surface area contributed by atoms with Crippen LogP contribution >= 0.6 is 0 Å². The summed E-state index contributed by atoms with van der Waals surface area (Å²) in [6.07, 6.45) is 2.65. The molecule has 1 fully saturated rings. The van der Waals surface area contributed by atoms with Gasteiger partial charge in [0.05, 0.1) is 17.4 Å². The van der Waals surface area contributed by atoms with E-state index in [9.17, 15) is 4.79 Å². The third-order valence-corrected chi connectivity index (χ3v) is 2.93. The standard InChI is InChI=1S/C11H16N4O/c1-7-2-3-15(6-7)10-4-8(11(13)16)9(12)5-14-10/h4-5,7H,2-3,6,12H2,1H3,(H2,13,16). The zero-order valence-electron chi connectivity index (χ0n) is 9.31. The summed E-state index contributed by atoms with van der Waals surface area (Å²) in [6.45, 7) is 4.14. The lowest BCUT2D eigenvalue weighted by molar-refractivity contribution is 0.100. The number of amides is 1. The van der Waals surface area contributed by atoms with Crippen molar-refractivity contribution >= 4 is 17.4 Å². The van der Waals surface area contributed by atoms with Gasteiger partial charge < -0.3 is 16.4 Å². The number of nitrogens with two attached hydrogens (primary N) is 2. The Hall–Kier alpha value is -1.78. The number of hydrogen-bond donors (Lipinski definition) is 2. The molecule has 1 amide bonds. The van der Waals surface area contributed by atoms with Crippen LogP contribution in [0.1, 0.15) is 23.7 Å². The summed E-state index contributed by atoms with van der Waals surface area (Å²) < 4.78 is 0.